The molecule has 6 nitrogen and oxygen atoms in total. The summed E-state index contributed by atoms with van der Waals surface area (Å²) in [6.07, 6.45) is 5.31. The molecule has 0 aliphatic carbocycles. The van der Waals surface area contributed by atoms with Gasteiger partial charge in [-0.3, -0.25) is 4.68 Å². The van der Waals surface area contributed by atoms with Crippen LogP contribution in [0, 0.1) is 11.3 Å². The molecule has 0 bridgehead atoms. The predicted molar refractivity (Wildman–Crippen MR) is 94.5 cm³/mol. The van der Waals surface area contributed by atoms with E-state index < -0.39 is 0 Å². The summed E-state index contributed by atoms with van der Waals surface area (Å²) in [4.78, 5) is 4.39. The quantitative estimate of drug-likeness (QED) is 0.692. The van der Waals surface area contributed by atoms with Gasteiger partial charge in [-0.1, -0.05) is 13.8 Å². The van der Waals surface area contributed by atoms with Crippen molar-refractivity contribution in [3.05, 3.63) is 59.4 Å². The lowest BCUT2D eigenvalue weighted by atomic mass is 10.2. The maximum atomic E-state index is 8.92. The number of hydrogen-bond donors (Lipinski definition) is 0. The number of rotatable bonds is 6. The van der Waals surface area contributed by atoms with Crippen molar-refractivity contribution in [3.63, 3.8) is 0 Å². The van der Waals surface area contributed by atoms with Gasteiger partial charge < -0.3 is 9.30 Å². The third-order valence-electron chi connectivity index (χ3n) is 4.16. The van der Waals surface area contributed by atoms with E-state index in [2.05, 4.69) is 24.9 Å². The number of aryl methyl sites for hydroxylation is 2. The maximum absolute atomic E-state index is 8.92. The Bertz CT molecular complexity index is 899. The van der Waals surface area contributed by atoms with E-state index in [4.69, 9.17) is 15.1 Å². The van der Waals surface area contributed by atoms with Crippen LogP contribution in [0.3, 0.4) is 0 Å². The normalized spacial score (nSPS) is 10.6. The molecule has 3 aromatic rings. The highest BCUT2D eigenvalue weighted by Gasteiger charge is 2.19. The van der Waals surface area contributed by atoms with Gasteiger partial charge in [-0.15, -0.1) is 0 Å². The first-order chi connectivity index (χ1) is 12.2. The molecule has 0 aliphatic heterocycles. The van der Waals surface area contributed by atoms with Crippen LogP contribution in [0.25, 0.3) is 0 Å². The van der Waals surface area contributed by atoms with Crippen LogP contribution in [0.5, 0.6) is 11.5 Å². The van der Waals surface area contributed by atoms with Crippen molar-refractivity contribution in [1.29, 1.82) is 5.26 Å². The van der Waals surface area contributed by atoms with E-state index in [0.717, 1.165) is 35.8 Å². The first-order valence-electron chi connectivity index (χ1n) is 8.39. The second-order valence-electron chi connectivity index (χ2n) is 5.78. The topological polar surface area (TPSA) is 68.7 Å². The summed E-state index contributed by atoms with van der Waals surface area (Å²) >= 11 is 0. The highest BCUT2D eigenvalue weighted by molar-refractivity contribution is 5.41. The Labute approximate surface area is 147 Å². The third kappa shape index (κ3) is 3.41. The van der Waals surface area contributed by atoms with Crippen LogP contribution in [0.1, 0.15) is 36.6 Å². The highest BCUT2D eigenvalue weighted by Crippen LogP contribution is 2.30. The Morgan fingerprint density at radius 2 is 1.92 bits per heavy atom. The van der Waals surface area contributed by atoms with Crippen LogP contribution >= 0.6 is 0 Å². The summed E-state index contributed by atoms with van der Waals surface area (Å²) in [5.74, 6) is 2.47. The summed E-state index contributed by atoms with van der Waals surface area (Å²) < 4.78 is 10.1. The number of ether oxygens (including phenoxy) is 1. The second-order valence-corrected chi connectivity index (χ2v) is 5.78. The molecule has 0 saturated heterocycles. The summed E-state index contributed by atoms with van der Waals surface area (Å²) in [5, 5.41) is 13.6. The average Bonchev–Trinajstić information content (AvgIpc) is 3.19. The van der Waals surface area contributed by atoms with E-state index in [0.29, 0.717) is 17.9 Å². The summed E-state index contributed by atoms with van der Waals surface area (Å²) in [7, 11) is 1.98. The van der Waals surface area contributed by atoms with Crippen molar-refractivity contribution >= 4 is 0 Å². The molecule has 0 radical (unpaired) electrons. The first kappa shape index (κ1) is 16.8. The van der Waals surface area contributed by atoms with Gasteiger partial charge in [-0.25, -0.2) is 4.98 Å². The summed E-state index contributed by atoms with van der Waals surface area (Å²) in [6.45, 7) is 4.77. The van der Waals surface area contributed by atoms with Gasteiger partial charge in [0.05, 0.1) is 23.9 Å². The van der Waals surface area contributed by atoms with E-state index in [9.17, 15) is 0 Å². The van der Waals surface area contributed by atoms with Crippen LogP contribution in [-0.2, 0) is 26.4 Å². The monoisotopic (exact) mass is 335 g/mol. The molecule has 25 heavy (non-hydrogen) atoms. The van der Waals surface area contributed by atoms with Crippen LogP contribution in [0.2, 0.25) is 0 Å². The van der Waals surface area contributed by atoms with Gasteiger partial charge in [0, 0.05) is 19.4 Å². The van der Waals surface area contributed by atoms with Crippen LogP contribution < -0.4 is 4.74 Å². The Balaban J connectivity index is 1.94. The smallest absolute Gasteiger partial charge is 0.171 e. The van der Waals surface area contributed by atoms with Gasteiger partial charge >= 0.3 is 0 Å². The molecule has 3 rings (SSSR count). The number of nitriles is 1. The second kappa shape index (κ2) is 7.22. The predicted octanol–water partition coefficient (Wildman–Crippen LogP) is 3.45. The van der Waals surface area contributed by atoms with Crippen LogP contribution in [-0.4, -0.2) is 19.3 Å². The lowest BCUT2D eigenvalue weighted by Crippen LogP contribution is -2.10. The molecule has 128 valence electrons. The van der Waals surface area contributed by atoms with Gasteiger partial charge in [0.2, 0.25) is 0 Å². The molecule has 0 N–H and O–H groups in total. The van der Waals surface area contributed by atoms with Crippen molar-refractivity contribution < 1.29 is 4.74 Å². The number of imidazole rings is 1. The zero-order valence-electron chi connectivity index (χ0n) is 14.7. The van der Waals surface area contributed by atoms with Crippen molar-refractivity contribution in [2.75, 3.05) is 0 Å². The molecule has 0 amide bonds. The minimum Gasteiger partial charge on any atom is -0.453 e. The van der Waals surface area contributed by atoms with Crippen LogP contribution in [0.15, 0.2) is 36.7 Å². The number of hydrogen-bond acceptors (Lipinski definition) is 4. The minimum atomic E-state index is 0.608. The van der Waals surface area contributed by atoms with Crippen molar-refractivity contribution in [2.24, 2.45) is 7.05 Å². The number of nitrogens with zero attached hydrogens (tertiary/aromatic N) is 5. The van der Waals surface area contributed by atoms with Gasteiger partial charge in [0.25, 0.3) is 0 Å². The first-order valence-corrected chi connectivity index (χ1v) is 8.39. The van der Waals surface area contributed by atoms with Crippen molar-refractivity contribution in [2.45, 2.75) is 33.2 Å². The van der Waals surface area contributed by atoms with Gasteiger partial charge in [-0.05, 0) is 37.1 Å². The van der Waals surface area contributed by atoms with E-state index >= 15 is 0 Å². The Morgan fingerprint density at radius 1 is 1.16 bits per heavy atom. The Hall–Kier alpha value is -3.07. The standard InChI is InChI=1S/C19H21N5O/c1-4-16-19(25-15-8-6-14(12-20)7-9-15)17(5-2)24(22-16)13-18-21-10-11-23(18)3/h6-11H,4-5,13H2,1-3H3. The SMILES string of the molecule is CCc1nn(Cc2nccn2C)c(CC)c1Oc1ccc(C#N)cc1. The fourth-order valence-corrected chi connectivity index (χ4v) is 2.76. The molecule has 6 heteroatoms. The largest absolute Gasteiger partial charge is 0.453 e. The van der Waals surface area contributed by atoms with E-state index in [1.54, 1.807) is 18.3 Å². The molecule has 0 unspecified atom stereocenters. The number of aromatic nitrogens is 4. The van der Waals surface area contributed by atoms with E-state index in [1.807, 2.05) is 34.6 Å². The molecular weight excluding hydrogens is 314 g/mol. The maximum Gasteiger partial charge on any atom is 0.171 e. The lowest BCUT2D eigenvalue weighted by molar-refractivity contribution is 0.468. The van der Waals surface area contributed by atoms with Gasteiger partial charge in [0.1, 0.15) is 17.3 Å². The number of benzene rings is 1. The minimum absolute atomic E-state index is 0.608. The van der Waals surface area contributed by atoms with Gasteiger partial charge in [-0.2, -0.15) is 10.4 Å². The average molecular weight is 335 g/mol. The zero-order chi connectivity index (χ0) is 17.8. The van der Waals surface area contributed by atoms with Crippen molar-refractivity contribution in [3.8, 4) is 17.6 Å². The fraction of sp³-hybridized carbons (Fsp3) is 0.316. The molecule has 0 atom stereocenters. The summed E-state index contributed by atoms with van der Waals surface area (Å²) in [6, 6.07) is 9.25. The lowest BCUT2D eigenvalue weighted by Gasteiger charge is -2.09. The van der Waals surface area contributed by atoms with Crippen LogP contribution in [0.4, 0.5) is 0 Å². The Kier molecular flexibility index (Phi) is 4.85. The fourth-order valence-electron chi connectivity index (χ4n) is 2.76. The molecule has 1 aromatic carbocycles. The molecule has 2 aromatic heterocycles. The Morgan fingerprint density at radius 3 is 2.48 bits per heavy atom. The van der Waals surface area contributed by atoms with E-state index in [-0.39, 0.29) is 0 Å². The van der Waals surface area contributed by atoms with E-state index in [1.165, 1.54) is 0 Å². The summed E-state index contributed by atoms with van der Waals surface area (Å²) in [5.41, 5.74) is 2.59. The van der Waals surface area contributed by atoms with Gasteiger partial charge in [0.15, 0.2) is 5.75 Å². The van der Waals surface area contributed by atoms with Crippen molar-refractivity contribution in [1.82, 2.24) is 19.3 Å². The molecular formula is C19H21N5O. The molecule has 0 spiro atoms. The molecule has 0 fully saturated rings. The molecule has 2 heterocycles. The third-order valence-corrected chi connectivity index (χ3v) is 4.16. The molecule has 0 saturated carbocycles. The highest BCUT2D eigenvalue weighted by atomic mass is 16.5. The molecule has 0 aliphatic rings. The zero-order valence-corrected chi connectivity index (χ0v) is 14.7.